The SMILES string of the molecule is CON=CC(=O)NC#N. The molecule has 0 aliphatic carbocycles. The maximum atomic E-state index is 10.2. The molecule has 5 heteroatoms. The predicted octanol–water partition coefficient (Wildman–Crippen LogP) is -0.784. The van der Waals surface area contributed by atoms with Gasteiger partial charge in [-0.3, -0.25) is 10.1 Å². The van der Waals surface area contributed by atoms with Crippen molar-refractivity contribution in [1.82, 2.24) is 5.32 Å². The van der Waals surface area contributed by atoms with Gasteiger partial charge in [0.05, 0.1) is 0 Å². The second-order valence-electron chi connectivity index (χ2n) is 1.02. The summed E-state index contributed by atoms with van der Waals surface area (Å²) in [6, 6.07) is 0. The summed E-state index contributed by atoms with van der Waals surface area (Å²) in [6.07, 6.45) is 2.29. The lowest BCUT2D eigenvalue weighted by Crippen LogP contribution is -2.17. The number of carbonyl (C=O) groups excluding carboxylic acids is 1. The third kappa shape index (κ3) is 4.28. The van der Waals surface area contributed by atoms with Crippen molar-refractivity contribution in [3.8, 4) is 6.19 Å². The maximum Gasteiger partial charge on any atom is 0.278 e. The molecule has 0 unspecified atom stereocenters. The molecule has 0 aromatic carbocycles. The molecular weight excluding hydrogens is 122 g/mol. The summed E-state index contributed by atoms with van der Waals surface area (Å²) in [5.74, 6) is -0.598. The molecule has 9 heavy (non-hydrogen) atoms. The number of amides is 1. The number of hydrogen-bond donors (Lipinski definition) is 1. The zero-order valence-electron chi connectivity index (χ0n) is 4.79. The van der Waals surface area contributed by atoms with Crippen LogP contribution in [0.25, 0.3) is 0 Å². The Labute approximate surface area is 51.9 Å². The zero-order valence-corrected chi connectivity index (χ0v) is 4.79. The minimum atomic E-state index is -0.598. The van der Waals surface area contributed by atoms with Crippen LogP contribution in [-0.4, -0.2) is 19.2 Å². The van der Waals surface area contributed by atoms with E-state index in [9.17, 15) is 4.79 Å². The van der Waals surface area contributed by atoms with E-state index in [2.05, 4.69) is 9.99 Å². The van der Waals surface area contributed by atoms with Gasteiger partial charge in [-0.2, -0.15) is 5.26 Å². The Morgan fingerprint density at radius 2 is 2.67 bits per heavy atom. The minimum Gasteiger partial charge on any atom is -0.399 e. The number of nitrogens with one attached hydrogen (secondary N) is 1. The highest BCUT2D eigenvalue weighted by Gasteiger charge is 1.89. The molecule has 0 aromatic rings. The number of rotatable bonds is 2. The van der Waals surface area contributed by atoms with Gasteiger partial charge in [0.15, 0.2) is 6.19 Å². The van der Waals surface area contributed by atoms with Crippen LogP contribution in [0.2, 0.25) is 0 Å². The standard InChI is InChI=1S/C4H5N3O2/c1-9-7-2-4(8)6-3-5/h2H,1H3,(H,6,8). The third-order valence-corrected chi connectivity index (χ3v) is 0.454. The van der Waals surface area contributed by atoms with E-state index in [1.807, 2.05) is 5.32 Å². The van der Waals surface area contributed by atoms with Gasteiger partial charge in [-0.1, -0.05) is 5.16 Å². The van der Waals surface area contributed by atoms with Crippen LogP contribution in [0.1, 0.15) is 0 Å². The maximum absolute atomic E-state index is 10.2. The lowest BCUT2D eigenvalue weighted by atomic mass is 10.7. The van der Waals surface area contributed by atoms with Crippen molar-refractivity contribution >= 4 is 12.1 Å². The van der Waals surface area contributed by atoms with Gasteiger partial charge in [0.1, 0.15) is 13.3 Å². The smallest absolute Gasteiger partial charge is 0.278 e. The quantitative estimate of drug-likeness (QED) is 0.229. The van der Waals surface area contributed by atoms with E-state index in [1.54, 1.807) is 0 Å². The molecule has 0 saturated heterocycles. The molecular formula is C4H5N3O2. The Morgan fingerprint density at radius 3 is 3.11 bits per heavy atom. The van der Waals surface area contributed by atoms with Gasteiger partial charge < -0.3 is 4.84 Å². The highest BCUT2D eigenvalue weighted by atomic mass is 16.6. The minimum absolute atomic E-state index is 0.598. The van der Waals surface area contributed by atoms with Crippen LogP contribution in [0, 0.1) is 11.5 Å². The van der Waals surface area contributed by atoms with Crippen LogP contribution in [-0.2, 0) is 9.63 Å². The van der Waals surface area contributed by atoms with Crippen molar-refractivity contribution in [1.29, 1.82) is 5.26 Å². The lowest BCUT2D eigenvalue weighted by Gasteiger charge is -1.84. The fourth-order valence-corrected chi connectivity index (χ4v) is 0.188. The van der Waals surface area contributed by atoms with E-state index in [0.29, 0.717) is 0 Å². The summed E-state index contributed by atoms with van der Waals surface area (Å²) in [4.78, 5) is 14.4. The molecule has 0 bridgehead atoms. The van der Waals surface area contributed by atoms with Crippen molar-refractivity contribution in [2.24, 2.45) is 5.16 Å². The average Bonchev–Trinajstić information content (AvgIpc) is 1.85. The van der Waals surface area contributed by atoms with E-state index >= 15 is 0 Å². The Morgan fingerprint density at radius 1 is 2.00 bits per heavy atom. The summed E-state index contributed by atoms with van der Waals surface area (Å²) in [5, 5.41) is 12.8. The molecule has 0 spiro atoms. The van der Waals surface area contributed by atoms with Crippen LogP contribution < -0.4 is 5.32 Å². The summed E-state index contributed by atoms with van der Waals surface area (Å²) < 4.78 is 0. The van der Waals surface area contributed by atoms with E-state index in [-0.39, 0.29) is 0 Å². The molecule has 0 aliphatic heterocycles. The first-order valence-electron chi connectivity index (χ1n) is 2.07. The normalized spacial score (nSPS) is 8.44. The first-order valence-corrected chi connectivity index (χ1v) is 2.07. The molecule has 0 atom stereocenters. The molecule has 0 saturated carbocycles. The van der Waals surface area contributed by atoms with Gasteiger partial charge in [-0.15, -0.1) is 0 Å². The fourth-order valence-electron chi connectivity index (χ4n) is 0.188. The molecule has 0 radical (unpaired) electrons. The van der Waals surface area contributed by atoms with Crippen molar-refractivity contribution in [2.75, 3.05) is 7.11 Å². The first-order chi connectivity index (χ1) is 4.31. The number of hydrogen-bond acceptors (Lipinski definition) is 4. The van der Waals surface area contributed by atoms with Gasteiger partial charge in [0.2, 0.25) is 0 Å². The largest absolute Gasteiger partial charge is 0.399 e. The van der Waals surface area contributed by atoms with E-state index in [0.717, 1.165) is 6.21 Å². The Kier molecular flexibility index (Phi) is 3.79. The molecule has 0 fully saturated rings. The van der Waals surface area contributed by atoms with Crippen LogP contribution in [0.15, 0.2) is 5.16 Å². The average molecular weight is 127 g/mol. The predicted molar refractivity (Wildman–Crippen MR) is 29.3 cm³/mol. The number of nitrogens with zero attached hydrogens (tertiary/aromatic N) is 2. The van der Waals surface area contributed by atoms with Crippen LogP contribution >= 0.6 is 0 Å². The number of carbonyl (C=O) groups is 1. The van der Waals surface area contributed by atoms with Gasteiger partial charge in [-0.25, -0.2) is 0 Å². The monoisotopic (exact) mass is 127 g/mol. The molecule has 5 nitrogen and oxygen atoms in total. The van der Waals surface area contributed by atoms with Crippen molar-refractivity contribution in [3.63, 3.8) is 0 Å². The van der Waals surface area contributed by atoms with Crippen LogP contribution in [0.3, 0.4) is 0 Å². The van der Waals surface area contributed by atoms with Gasteiger partial charge in [0.25, 0.3) is 5.91 Å². The van der Waals surface area contributed by atoms with Crippen LogP contribution in [0.5, 0.6) is 0 Å². The second kappa shape index (κ2) is 4.59. The van der Waals surface area contributed by atoms with E-state index in [1.165, 1.54) is 13.3 Å². The summed E-state index contributed by atoms with van der Waals surface area (Å²) in [7, 11) is 1.30. The Bertz CT molecular complexity index is 158. The molecule has 0 aromatic heterocycles. The van der Waals surface area contributed by atoms with Gasteiger partial charge in [0, 0.05) is 0 Å². The molecule has 0 aliphatic rings. The number of nitriles is 1. The zero-order chi connectivity index (χ0) is 7.11. The summed E-state index contributed by atoms with van der Waals surface area (Å²) >= 11 is 0. The molecule has 1 N–H and O–H groups in total. The van der Waals surface area contributed by atoms with Crippen molar-refractivity contribution < 1.29 is 9.63 Å². The van der Waals surface area contributed by atoms with E-state index in [4.69, 9.17) is 5.26 Å². The topological polar surface area (TPSA) is 74.5 Å². The Hall–Kier alpha value is -1.57. The molecule has 0 heterocycles. The number of oxime groups is 1. The van der Waals surface area contributed by atoms with Gasteiger partial charge in [-0.05, 0) is 0 Å². The Balaban J connectivity index is 3.53. The second-order valence-corrected chi connectivity index (χ2v) is 1.02. The van der Waals surface area contributed by atoms with Crippen molar-refractivity contribution in [2.45, 2.75) is 0 Å². The first kappa shape index (κ1) is 7.43. The fraction of sp³-hybridized carbons (Fsp3) is 0.250. The van der Waals surface area contributed by atoms with Crippen LogP contribution in [0.4, 0.5) is 0 Å². The highest BCUT2D eigenvalue weighted by molar-refractivity contribution is 6.26. The summed E-state index contributed by atoms with van der Waals surface area (Å²) in [5.41, 5.74) is 0. The van der Waals surface area contributed by atoms with E-state index < -0.39 is 5.91 Å². The molecule has 1 amide bonds. The molecule has 48 valence electrons. The van der Waals surface area contributed by atoms with Gasteiger partial charge >= 0.3 is 0 Å². The third-order valence-electron chi connectivity index (χ3n) is 0.454. The summed E-state index contributed by atoms with van der Waals surface area (Å²) in [6.45, 7) is 0. The molecule has 0 rings (SSSR count). The lowest BCUT2D eigenvalue weighted by molar-refractivity contribution is -0.113. The highest BCUT2D eigenvalue weighted by Crippen LogP contribution is 1.62. The van der Waals surface area contributed by atoms with Crippen molar-refractivity contribution in [3.05, 3.63) is 0 Å².